The third-order valence-corrected chi connectivity index (χ3v) is 4.89. The van der Waals surface area contributed by atoms with Crippen molar-refractivity contribution in [3.8, 4) is 5.69 Å². The number of benzene rings is 1. The fourth-order valence-electron chi connectivity index (χ4n) is 3.63. The molecule has 0 saturated heterocycles. The van der Waals surface area contributed by atoms with Gasteiger partial charge in [-0.1, -0.05) is 18.2 Å². The number of aromatic nitrogens is 3. The van der Waals surface area contributed by atoms with Crippen molar-refractivity contribution in [2.24, 2.45) is 0 Å². The van der Waals surface area contributed by atoms with E-state index in [1.165, 1.54) is 5.69 Å². The van der Waals surface area contributed by atoms with Crippen LogP contribution in [0.3, 0.4) is 0 Å². The number of aryl methyl sites for hydroxylation is 1. The predicted octanol–water partition coefficient (Wildman–Crippen LogP) is 3.50. The van der Waals surface area contributed by atoms with Gasteiger partial charge in [-0.15, -0.1) is 0 Å². The molecule has 4 rings (SSSR count). The first-order valence-corrected chi connectivity index (χ1v) is 8.86. The van der Waals surface area contributed by atoms with Crippen LogP contribution >= 0.6 is 0 Å². The normalized spacial score (nSPS) is 16.4. The van der Waals surface area contributed by atoms with Crippen LogP contribution in [0.4, 0.5) is 0 Å². The molecule has 1 N–H and O–H groups in total. The number of nitrogens with zero attached hydrogens (tertiary/aromatic N) is 3. The molecule has 1 unspecified atom stereocenters. The Labute approximate surface area is 147 Å². The van der Waals surface area contributed by atoms with Gasteiger partial charge >= 0.3 is 0 Å². The molecule has 0 radical (unpaired) electrons. The van der Waals surface area contributed by atoms with E-state index in [9.17, 15) is 4.79 Å². The summed E-state index contributed by atoms with van der Waals surface area (Å²) in [6, 6.07) is 14.0. The minimum Gasteiger partial charge on any atom is -0.344 e. The maximum Gasteiger partial charge on any atom is 0.268 e. The summed E-state index contributed by atoms with van der Waals surface area (Å²) in [6.07, 6.45) is 6.83. The predicted molar refractivity (Wildman–Crippen MR) is 96.8 cm³/mol. The summed E-state index contributed by atoms with van der Waals surface area (Å²) in [5, 5.41) is 7.79. The van der Waals surface area contributed by atoms with Crippen molar-refractivity contribution in [1.82, 2.24) is 19.7 Å². The first-order chi connectivity index (χ1) is 12.3. The molecule has 25 heavy (non-hydrogen) atoms. The first-order valence-electron chi connectivity index (χ1n) is 8.86. The third-order valence-electron chi connectivity index (χ3n) is 4.89. The molecular formula is C20H22N4O. The van der Waals surface area contributed by atoms with Crippen LogP contribution in [0.2, 0.25) is 0 Å². The summed E-state index contributed by atoms with van der Waals surface area (Å²) in [4.78, 5) is 12.7. The van der Waals surface area contributed by atoms with Gasteiger partial charge in [0, 0.05) is 24.0 Å². The molecule has 5 heteroatoms. The van der Waals surface area contributed by atoms with E-state index in [0.29, 0.717) is 5.69 Å². The van der Waals surface area contributed by atoms with Crippen molar-refractivity contribution >= 4 is 5.91 Å². The molecule has 3 aromatic rings. The van der Waals surface area contributed by atoms with Crippen molar-refractivity contribution < 1.29 is 4.79 Å². The van der Waals surface area contributed by atoms with Crippen molar-refractivity contribution in [3.63, 3.8) is 0 Å². The molecule has 2 heterocycles. The largest absolute Gasteiger partial charge is 0.344 e. The highest BCUT2D eigenvalue weighted by Gasteiger charge is 2.26. The van der Waals surface area contributed by atoms with Gasteiger partial charge in [-0.3, -0.25) is 4.79 Å². The Morgan fingerprint density at radius 2 is 2.08 bits per heavy atom. The van der Waals surface area contributed by atoms with Gasteiger partial charge in [-0.2, -0.15) is 5.10 Å². The van der Waals surface area contributed by atoms with Gasteiger partial charge in [-0.25, -0.2) is 4.68 Å². The fraction of sp³-hybridized carbons (Fsp3) is 0.300. The molecule has 1 aromatic carbocycles. The summed E-state index contributed by atoms with van der Waals surface area (Å²) in [5.74, 6) is -0.0165. The molecule has 1 aliphatic rings. The van der Waals surface area contributed by atoms with Crippen LogP contribution in [0.5, 0.6) is 0 Å². The van der Waals surface area contributed by atoms with E-state index in [-0.39, 0.29) is 11.9 Å². The molecule has 0 saturated carbocycles. The number of nitrogens with one attached hydrogen (secondary N) is 1. The van der Waals surface area contributed by atoms with E-state index in [1.807, 2.05) is 58.9 Å². The summed E-state index contributed by atoms with van der Waals surface area (Å²) in [7, 11) is 0. The average Bonchev–Trinajstić information content (AvgIpc) is 3.29. The lowest BCUT2D eigenvalue weighted by Gasteiger charge is -2.24. The SMILES string of the molecule is CCn1cccc1C(=O)NC1CCCc2c1cnn2-c1ccccc1. The lowest BCUT2D eigenvalue weighted by atomic mass is 9.92. The molecular weight excluding hydrogens is 312 g/mol. The molecule has 128 valence electrons. The van der Waals surface area contributed by atoms with Crippen LogP contribution in [0.15, 0.2) is 54.9 Å². The highest BCUT2D eigenvalue weighted by atomic mass is 16.2. The van der Waals surface area contributed by atoms with Crippen molar-refractivity contribution in [2.75, 3.05) is 0 Å². The van der Waals surface area contributed by atoms with E-state index in [0.717, 1.165) is 37.1 Å². The zero-order valence-electron chi connectivity index (χ0n) is 14.4. The van der Waals surface area contributed by atoms with Gasteiger partial charge in [0.1, 0.15) is 5.69 Å². The monoisotopic (exact) mass is 334 g/mol. The van der Waals surface area contributed by atoms with Crippen LogP contribution in [0.25, 0.3) is 5.69 Å². The molecule has 1 amide bonds. The van der Waals surface area contributed by atoms with Gasteiger partial charge in [0.2, 0.25) is 0 Å². The lowest BCUT2D eigenvalue weighted by Crippen LogP contribution is -2.32. The maximum atomic E-state index is 12.7. The molecule has 0 aliphatic heterocycles. The summed E-state index contributed by atoms with van der Waals surface area (Å²) < 4.78 is 3.97. The Balaban J connectivity index is 1.60. The van der Waals surface area contributed by atoms with E-state index in [1.54, 1.807) is 0 Å². The Morgan fingerprint density at radius 3 is 2.88 bits per heavy atom. The number of carbonyl (C=O) groups excluding carboxylic acids is 1. The number of fused-ring (bicyclic) bond motifs is 1. The number of carbonyl (C=O) groups is 1. The zero-order chi connectivity index (χ0) is 17.2. The summed E-state index contributed by atoms with van der Waals surface area (Å²) in [6.45, 7) is 2.83. The molecule has 0 bridgehead atoms. The third kappa shape index (κ3) is 2.86. The topological polar surface area (TPSA) is 51.9 Å². The van der Waals surface area contributed by atoms with Gasteiger partial charge in [-0.05, 0) is 50.5 Å². The van der Waals surface area contributed by atoms with Gasteiger partial charge < -0.3 is 9.88 Å². The highest BCUT2D eigenvalue weighted by molar-refractivity contribution is 5.93. The smallest absolute Gasteiger partial charge is 0.268 e. The van der Waals surface area contributed by atoms with Crippen LogP contribution in [-0.2, 0) is 13.0 Å². The molecule has 0 spiro atoms. The fourth-order valence-corrected chi connectivity index (χ4v) is 3.63. The van der Waals surface area contributed by atoms with Crippen LogP contribution in [0, 0.1) is 0 Å². The zero-order valence-corrected chi connectivity index (χ0v) is 14.4. The second-order valence-corrected chi connectivity index (χ2v) is 6.39. The average molecular weight is 334 g/mol. The second-order valence-electron chi connectivity index (χ2n) is 6.39. The Hall–Kier alpha value is -2.82. The van der Waals surface area contributed by atoms with Crippen molar-refractivity contribution in [2.45, 2.75) is 38.8 Å². The second kappa shape index (κ2) is 6.59. The Kier molecular flexibility index (Phi) is 4.14. The minimum absolute atomic E-state index is 0.0165. The van der Waals surface area contributed by atoms with Gasteiger partial charge in [0.05, 0.1) is 17.9 Å². The van der Waals surface area contributed by atoms with E-state index < -0.39 is 0 Å². The number of hydrogen-bond donors (Lipinski definition) is 1. The standard InChI is InChI=1S/C20H22N4O/c1-2-23-13-7-12-19(23)20(25)22-17-10-6-11-18-16(17)14-21-24(18)15-8-4-3-5-9-15/h3-5,7-9,12-14,17H,2,6,10-11H2,1H3,(H,22,25). The van der Waals surface area contributed by atoms with Crippen LogP contribution < -0.4 is 5.32 Å². The lowest BCUT2D eigenvalue weighted by molar-refractivity contribution is 0.0923. The van der Waals surface area contributed by atoms with E-state index in [4.69, 9.17) is 0 Å². The number of para-hydroxylation sites is 1. The molecule has 2 aromatic heterocycles. The summed E-state index contributed by atoms with van der Waals surface area (Å²) in [5.41, 5.74) is 4.12. The van der Waals surface area contributed by atoms with E-state index in [2.05, 4.69) is 22.5 Å². The highest BCUT2D eigenvalue weighted by Crippen LogP contribution is 2.31. The summed E-state index contributed by atoms with van der Waals surface area (Å²) >= 11 is 0. The quantitative estimate of drug-likeness (QED) is 0.794. The molecule has 0 fully saturated rings. The van der Waals surface area contributed by atoms with Gasteiger partial charge in [0.15, 0.2) is 0 Å². The molecule has 5 nitrogen and oxygen atoms in total. The number of hydrogen-bond acceptors (Lipinski definition) is 2. The van der Waals surface area contributed by atoms with Crippen LogP contribution in [0.1, 0.15) is 47.6 Å². The Morgan fingerprint density at radius 1 is 1.24 bits per heavy atom. The van der Waals surface area contributed by atoms with Crippen LogP contribution in [-0.4, -0.2) is 20.3 Å². The minimum atomic E-state index is -0.0165. The molecule has 1 aliphatic carbocycles. The maximum absolute atomic E-state index is 12.7. The number of rotatable bonds is 4. The van der Waals surface area contributed by atoms with Crippen molar-refractivity contribution in [3.05, 3.63) is 71.8 Å². The number of amides is 1. The van der Waals surface area contributed by atoms with Gasteiger partial charge in [0.25, 0.3) is 5.91 Å². The van der Waals surface area contributed by atoms with Crippen molar-refractivity contribution in [1.29, 1.82) is 0 Å². The first kappa shape index (κ1) is 15.7. The van der Waals surface area contributed by atoms with E-state index >= 15 is 0 Å². The Bertz CT molecular complexity index is 878. The molecule has 1 atom stereocenters.